The Morgan fingerprint density at radius 2 is 1.82 bits per heavy atom. The van der Waals surface area contributed by atoms with Gasteiger partial charge in [0.05, 0.1) is 11.7 Å². The van der Waals surface area contributed by atoms with Gasteiger partial charge in [0.1, 0.15) is 22.3 Å². The molecule has 3 aromatic rings. The van der Waals surface area contributed by atoms with E-state index >= 15 is 0 Å². The van der Waals surface area contributed by atoms with Crippen LogP contribution in [0.5, 0.6) is 0 Å². The second kappa shape index (κ2) is 10.6. The first kappa shape index (κ1) is 27.4. The van der Waals surface area contributed by atoms with Crippen molar-refractivity contribution in [3.63, 3.8) is 0 Å². The zero-order chi connectivity index (χ0) is 28.2. The van der Waals surface area contributed by atoms with Crippen LogP contribution >= 0.6 is 0 Å². The number of aromatic nitrogens is 4. The lowest BCUT2D eigenvalue weighted by Crippen LogP contribution is -2.62. The third kappa shape index (κ3) is 5.08. The van der Waals surface area contributed by atoms with Gasteiger partial charge in [-0.3, -0.25) is 0 Å². The van der Waals surface area contributed by atoms with Crippen molar-refractivity contribution in [1.82, 2.24) is 34.0 Å². The molecule has 0 aliphatic carbocycles. The fourth-order valence-electron chi connectivity index (χ4n) is 6.05. The number of nitrogens with zero attached hydrogens (tertiary/aromatic N) is 6. The molecule has 0 radical (unpaired) electrons. The molecule has 0 spiro atoms. The van der Waals surface area contributed by atoms with Crippen molar-refractivity contribution in [1.29, 1.82) is 0 Å². The van der Waals surface area contributed by atoms with Gasteiger partial charge in [0, 0.05) is 63.5 Å². The Bertz CT molecular complexity index is 1510. The second-order valence-corrected chi connectivity index (χ2v) is 13.8. The molecule has 3 saturated heterocycles. The molecule has 3 aliphatic heterocycles. The Balaban J connectivity index is 1.11. The highest BCUT2D eigenvalue weighted by Crippen LogP contribution is 2.31. The highest BCUT2D eigenvalue weighted by Gasteiger charge is 2.42. The fraction of sp³-hybridized carbons (Fsp3) is 0.593. The molecule has 0 atom stereocenters. The number of piperidine rings is 1. The first-order valence-corrected chi connectivity index (χ1v) is 15.5. The third-order valence-electron chi connectivity index (χ3n) is 8.33. The number of rotatable bonds is 8. The summed E-state index contributed by atoms with van der Waals surface area (Å²) >= 11 is 0. The van der Waals surface area contributed by atoms with Crippen LogP contribution in [0.2, 0.25) is 0 Å². The number of hydrogen-bond acceptors (Lipinski definition) is 8. The SMILES string of the molecule is Cc1nc2c(F)cc(-c3nc(NC4CCN(S(=O)(=O)C5CN(CC6CNC6)C5)CC4)ncc3F)cc2n1C(C)C. The van der Waals surface area contributed by atoms with Gasteiger partial charge in [0.2, 0.25) is 16.0 Å². The Kier molecular flexibility index (Phi) is 7.26. The normalized spacial score (nSPS) is 20.2. The molecule has 2 N–H and O–H groups in total. The summed E-state index contributed by atoms with van der Waals surface area (Å²) in [6.45, 7) is 10.8. The fourth-order valence-corrected chi connectivity index (χ4v) is 7.99. The maximum Gasteiger partial charge on any atom is 0.223 e. The lowest BCUT2D eigenvalue weighted by molar-refractivity contribution is 0.130. The summed E-state index contributed by atoms with van der Waals surface area (Å²) in [7, 11) is -3.33. The quantitative estimate of drug-likeness (QED) is 0.423. The average molecular weight is 575 g/mol. The highest BCUT2D eigenvalue weighted by atomic mass is 32.2. The van der Waals surface area contributed by atoms with E-state index in [1.54, 1.807) is 10.4 Å². The number of imidazole rings is 1. The lowest BCUT2D eigenvalue weighted by Gasteiger charge is -2.44. The molecule has 0 amide bonds. The van der Waals surface area contributed by atoms with Gasteiger partial charge >= 0.3 is 0 Å². The van der Waals surface area contributed by atoms with E-state index in [9.17, 15) is 17.2 Å². The number of nitrogens with one attached hydrogen (secondary N) is 2. The summed E-state index contributed by atoms with van der Waals surface area (Å²) in [4.78, 5) is 15.1. The average Bonchev–Trinajstić information content (AvgIpc) is 3.20. The Hall–Kier alpha value is -2.74. The van der Waals surface area contributed by atoms with Crippen molar-refractivity contribution in [2.75, 3.05) is 51.1 Å². The maximum atomic E-state index is 15.0. The standard InChI is InChI=1S/C27H36F2N8O2S/c1-16(2)37-17(3)32-26-22(28)8-19(9-24(26)37)25-23(29)12-31-27(34-25)33-20-4-6-36(7-5-20)40(38,39)21-14-35(15-21)13-18-10-30-11-18/h8-9,12,16,18,20-21,30H,4-7,10-11,13-15H2,1-3H3,(H,31,33,34). The van der Waals surface area contributed by atoms with E-state index in [-0.39, 0.29) is 34.5 Å². The van der Waals surface area contributed by atoms with E-state index in [1.807, 2.05) is 25.3 Å². The number of fused-ring (bicyclic) bond motifs is 1. The van der Waals surface area contributed by atoms with E-state index in [0.717, 1.165) is 25.8 Å². The van der Waals surface area contributed by atoms with Crippen LogP contribution in [0.4, 0.5) is 14.7 Å². The number of halogens is 2. The van der Waals surface area contributed by atoms with E-state index in [1.165, 1.54) is 6.07 Å². The minimum atomic E-state index is -3.33. The van der Waals surface area contributed by atoms with Crippen molar-refractivity contribution in [3.05, 3.63) is 35.8 Å². The summed E-state index contributed by atoms with van der Waals surface area (Å²) in [5, 5.41) is 6.16. The molecule has 5 heterocycles. The van der Waals surface area contributed by atoms with Crippen LogP contribution in [-0.2, 0) is 10.0 Å². The number of anilines is 1. The molecule has 6 rings (SSSR count). The van der Waals surface area contributed by atoms with Crippen molar-refractivity contribution in [3.8, 4) is 11.3 Å². The predicted molar refractivity (Wildman–Crippen MR) is 150 cm³/mol. The number of sulfonamides is 1. The summed E-state index contributed by atoms with van der Waals surface area (Å²) in [6, 6.07) is 2.96. The molecule has 0 bridgehead atoms. The van der Waals surface area contributed by atoms with Crippen LogP contribution in [0.25, 0.3) is 22.3 Å². The molecule has 2 aromatic heterocycles. The van der Waals surface area contributed by atoms with Crippen molar-refractivity contribution in [2.24, 2.45) is 5.92 Å². The summed E-state index contributed by atoms with van der Waals surface area (Å²) in [5.74, 6) is 0.355. The van der Waals surface area contributed by atoms with Crippen LogP contribution < -0.4 is 10.6 Å². The smallest absolute Gasteiger partial charge is 0.223 e. The molecule has 40 heavy (non-hydrogen) atoms. The van der Waals surface area contributed by atoms with Gasteiger partial charge in [-0.05, 0) is 51.7 Å². The monoisotopic (exact) mass is 574 g/mol. The summed E-state index contributed by atoms with van der Waals surface area (Å²) in [6.07, 6.45) is 2.26. The van der Waals surface area contributed by atoms with Crippen LogP contribution in [0.15, 0.2) is 18.3 Å². The van der Waals surface area contributed by atoms with Crippen molar-refractivity contribution < 1.29 is 17.2 Å². The third-order valence-corrected chi connectivity index (χ3v) is 10.6. The second-order valence-electron chi connectivity index (χ2n) is 11.6. The first-order chi connectivity index (χ1) is 19.1. The van der Waals surface area contributed by atoms with Gasteiger partial charge < -0.3 is 20.1 Å². The Labute approximate surface area is 233 Å². The minimum absolute atomic E-state index is 0.000285. The first-order valence-electron chi connectivity index (χ1n) is 14.0. The predicted octanol–water partition coefficient (Wildman–Crippen LogP) is 2.77. The molecule has 10 nitrogen and oxygen atoms in total. The van der Waals surface area contributed by atoms with Crippen molar-refractivity contribution in [2.45, 2.75) is 50.9 Å². The Morgan fingerprint density at radius 1 is 1.10 bits per heavy atom. The van der Waals surface area contributed by atoms with Crippen LogP contribution in [-0.4, -0.2) is 94.2 Å². The molecule has 0 unspecified atom stereocenters. The van der Waals surface area contributed by atoms with Gasteiger partial charge in [-0.2, -0.15) is 0 Å². The van der Waals surface area contributed by atoms with Gasteiger partial charge in [0.25, 0.3) is 0 Å². The number of likely N-dealkylation sites (tertiary alicyclic amines) is 1. The van der Waals surface area contributed by atoms with E-state index in [4.69, 9.17) is 0 Å². The van der Waals surface area contributed by atoms with E-state index < -0.39 is 21.7 Å². The molecular weight excluding hydrogens is 538 g/mol. The number of aryl methyl sites for hydroxylation is 1. The van der Waals surface area contributed by atoms with Gasteiger partial charge in [-0.15, -0.1) is 0 Å². The molecule has 216 valence electrons. The zero-order valence-corrected chi connectivity index (χ0v) is 23.9. The van der Waals surface area contributed by atoms with Gasteiger partial charge in [-0.1, -0.05) is 0 Å². The zero-order valence-electron chi connectivity index (χ0n) is 23.1. The molecule has 0 saturated carbocycles. The topological polar surface area (TPSA) is 108 Å². The van der Waals surface area contributed by atoms with Crippen molar-refractivity contribution >= 4 is 27.0 Å². The van der Waals surface area contributed by atoms with Gasteiger partial charge in [-0.25, -0.2) is 36.5 Å². The number of benzene rings is 1. The summed E-state index contributed by atoms with van der Waals surface area (Å²) < 4.78 is 59.7. The molecular formula is C27H36F2N8O2S. The van der Waals surface area contributed by atoms with Crippen LogP contribution in [0.3, 0.4) is 0 Å². The molecule has 3 fully saturated rings. The van der Waals surface area contributed by atoms with E-state index in [0.29, 0.717) is 61.8 Å². The van der Waals surface area contributed by atoms with Gasteiger partial charge in [0.15, 0.2) is 11.6 Å². The Morgan fingerprint density at radius 3 is 2.48 bits per heavy atom. The molecule has 1 aromatic carbocycles. The van der Waals surface area contributed by atoms with Crippen LogP contribution in [0, 0.1) is 24.5 Å². The minimum Gasteiger partial charge on any atom is -0.351 e. The van der Waals surface area contributed by atoms with E-state index in [2.05, 4.69) is 30.5 Å². The highest BCUT2D eigenvalue weighted by molar-refractivity contribution is 7.89. The maximum absolute atomic E-state index is 15.0. The largest absolute Gasteiger partial charge is 0.351 e. The molecule has 3 aliphatic rings. The summed E-state index contributed by atoms with van der Waals surface area (Å²) in [5.41, 5.74) is 1.13. The lowest BCUT2D eigenvalue weighted by atomic mass is 10.0. The number of hydrogen-bond donors (Lipinski definition) is 2. The van der Waals surface area contributed by atoms with Crippen LogP contribution in [0.1, 0.15) is 38.6 Å². The molecule has 13 heteroatoms.